The molecule has 0 unspecified atom stereocenters. The quantitative estimate of drug-likeness (QED) is 0.688. The second-order valence-corrected chi connectivity index (χ2v) is 4.56. The van der Waals surface area contributed by atoms with Crippen molar-refractivity contribution < 1.29 is 19.5 Å². The van der Waals surface area contributed by atoms with Gasteiger partial charge in [0.1, 0.15) is 5.03 Å². The molecule has 7 heteroatoms. The van der Waals surface area contributed by atoms with Crippen molar-refractivity contribution in [3.63, 3.8) is 0 Å². The van der Waals surface area contributed by atoms with E-state index in [4.69, 9.17) is 0 Å². The van der Waals surface area contributed by atoms with E-state index in [0.29, 0.717) is 0 Å². The van der Waals surface area contributed by atoms with Crippen LogP contribution in [0.2, 0.25) is 0 Å². The largest absolute Gasteiger partial charge is 0.545 e. The Balaban J connectivity index is 2.22. The van der Waals surface area contributed by atoms with Crippen molar-refractivity contribution in [3.8, 4) is 0 Å². The van der Waals surface area contributed by atoms with Gasteiger partial charge in [0.05, 0.1) is 11.2 Å². The lowest BCUT2D eigenvalue weighted by atomic mass is 10.3. The van der Waals surface area contributed by atoms with E-state index in [0.717, 1.165) is 11.8 Å². The number of hydrogen-bond donors (Lipinski definition) is 1. The summed E-state index contributed by atoms with van der Waals surface area (Å²) < 4.78 is 0. The van der Waals surface area contributed by atoms with Gasteiger partial charge in [0.2, 0.25) is 11.8 Å². The number of pyridine rings is 1. The number of aromatic nitrogens is 1. The van der Waals surface area contributed by atoms with E-state index in [1.165, 1.54) is 18.3 Å². The number of carboxylic acids is 1. The van der Waals surface area contributed by atoms with Crippen molar-refractivity contribution in [2.24, 2.45) is 0 Å². The van der Waals surface area contributed by atoms with E-state index >= 15 is 0 Å². The Kier molecular flexibility index (Phi) is 3.10. The lowest BCUT2D eigenvalue weighted by molar-refractivity contribution is -0.255. The standard InChI is InChI=1S/C10H8N2O4S/c13-7-4-6(8(14)12-7)17-9-5(10(15)16)2-1-3-11-9/h1-3,6H,4H2,(H,15,16)(H,12,13,14)/p-1/t6-/m0/s1. The number of thioether (sulfide) groups is 1. The third kappa shape index (κ3) is 2.44. The maximum atomic E-state index is 11.3. The van der Waals surface area contributed by atoms with Gasteiger partial charge in [-0.05, 0) is 12.1 Å². The smallest absolute Gasteiger partial charge is 0.240 e. The van der Waals surface area contributed by atoms with Crippen LogP contribution in [0, 0.1) is 0 Å². The zero-order valence-electron chi connectivity index (χ0n) is 8.50. The minimum Gasteiger partial charge on any atom is -0.545 e. The highest BCUT2D eigenvalue weighted by Gasteiger charge is 2.32. The first kappa shape index (κ1) is 11.6. The lowest BCUT2D eigenvalue weighted by Gasteiger charge is -2.10. The molecule has 0 aliphatic carbocycles. The van der Waals surface area contributed by atoms with Crippen molar-refractivity contribution in [3.05, 3.63) is 23.9 Å². The number of nitrogens with one attached hydrogen (secondary N) is 1. The second kappa shape index (κ2) is 4.54. The summed E-state index contributed by atoms with van der Waals surface area (Å²) in [6, 6.07) is 2.81. The van der Waals surface area contributed by atoms with Crippen LogP contribution in [0.1, 0.15) is 16.8 Å². The van der Waals surface area contributed by atoms with Crippen molar-refractivity contribution >= 4 is 29.5 Å². The van der Waals surface area contributed by atoms with Gasteiger partial charge in [-0.1, -0.05) is 11.8 Å². The number of amides is 2. The molecule has 6 nitrogen and oxygen atoms in total. The van der Waals surface area contributed by atoms with Crippen LogP contribution in [0.5, 0.6) is 0 Å². The summed E-state index contributed by atoms with van der Waals surface area (Å²) in [5.74, 6) is -2.14. The maximum absolute atomic E-state index is 11.3. The average molecular weight is 251 g/mol. The summed E-state index contributed by atoms with van der Waals surface area (Å²) in [6.45, 7) is 0. The summed E-state index contributed by atoms with van der Waals surface area (Å²) >= 11 is 0.953. The Bertz CT molecular complexity index is 503. The number of hydrogen-bond acceptors (Lipinski definition) is 6. The van der Waals surface area contributed by atoms with Crippen LogP contribution in [0.4, 0.5) is 0 Å². The molecule has 0 bridgehead atoms. The maximum Gasteiger partial charge on any atom is 0.240 e. The Morgan fingerprint density at radius 3 is 2.88 bits per heavy atom. The molecule has 1 atom stereocenters. The van der Waals surface area contributed by atoms with Gasteiger partial charge in [-0.25, -0.2) is 4.98 Å². The van der Waals surface area contributed by atoms with Gasteiger partial charge in [-0.2, -0.15) is 0 Å². The summed E-state index contributed by atoms with van der Waals surface area (Å²) in [6.07, 6.45) is 1.45. The SMILES string of the molecule is O=C1C[C@H](Sc2ncccc2C(=O)[O-])C(=O)N1. The van der Waals surface area contributed by atoms with Gasteiger partial charge < -0.3 is 9.90 Å². The molecule has 17 heavy (non-hydrogen) atoms. The number of carboxylic acid groups (broad SMARTS) is 1. The van der Waals surface area contributed by atoms with E-state index in [1.54, 1.807) is 0 Å². The summed E-state index contributed by atoms with van der Waals surface area (Å²) in [5, 5.41) is 12.5. The molecule has 2 rings (SSSR count). The molecule has 2 heterocycles. The molecule has 0 spiro atoms. The Hall–Kier alpha value is -1.89. The van der Waals surface area contributed by atoms with Gasteiger partial charge in [0.15, 0.2) is 0 Å². The molecule has 1 fully saturated rings. The fraction of sp³-hybridized carbons (Fsp3) is 0.200. The third-order valence-electron chi connectivity index (χ3n) is 2.17. The van der Waals surface area contributed by atoms with Gasteiger partial charge in [0.25, 0.3) is 0 Å². The van der Waals surface area contributed by atoms with E-state index in [9.17, 15) is 19.5 Å². The second-order valence-electron chi connectivity index (χ2n) is 3.37. The van der Waals surface area contributed by atoms with Gasteiger partial charge >= 0.3 is 0 Å². The highest BCUT2D eigenvalue weighted by atomic mass is 32.2. The van der Waals surface area contributed by atoms with Crippen LogP contribution in [0.25, 0.3) is 0 Å². The number of carbonyl (C=O) groups is 3. The molecular weight excluding hydrogens is 244 g/mol. The number of aromatic carboxylic acids is 1. The number of rotatable bonds is 3. The van der Waals surface area contributed by atoms with Crippen LogP contribution in [0.15, 0.2) is 23.4 Å². The Morgan fingerprint density at radius 2 is 2.29 bits per heavy atom. The predicted octanol–water partition coefficient (Wildman–Crippen LogP) is -1.05. The fourth-order valence-electron chi connectivity index (χ4n) is 1.40. The minimum absolute atomic E-state index is 0.0343. The molecular formula is C10H7N2O4S-. The average Bonchev–Trinajstić information content (AvgIpc) is 2.58. The fourth-order valence-corrected chi connectivity index (χ4v) is 2.47. The minimum atomic E-state index is -1.36. The van der Waals surface area contributed by atoms with E-state index in [-0.39, 0.29) is 22.9 Å². The van der Waals surface area contributed by atoms with Crippen LogP contribution in [-0.2, 0) is 9.59 Å². The topological polar surface area (TPSA) is 99.2 Å². The molecule has 0 saturated carbocycles. The number of imide groups is 1. The van der Waals surface area contributed by atoms with Gasteiger partial charge in [-0.3, -0.25) is 14.9 Å². The van der Waals surface area contributed by atoms with Crippen LogP contribution in [-0.4, -0.2) is 28.0 Å². The Morgan fingerprint density at radius 1 is 1.53 bits per heavy atom. The molecule has 0 aromatic carbocycles. The van der Waals surface area contributed by atoms with Crippen molar-refractivity contribution in [2.75, 3.05) is 0 Å². The van der Waals surface area contributed by atoms with Crippen molar-refractivity contribution in [2.45, 2.75) is 16.7 Å². The predicted molar refractivity (Wildman–Crippen MR) is 56.0 cm³/mol. The van der Waals surface area contributed by atoms with Gasteiger partial charge in [-0.15, -0.1) is 0 Å². The molecule has 1 aliphatic heterocycles. The van der Waals surface area contributed by atoms with Crippen LogP contribution in [0.3, 0.4) is 0 Å². The monoisotopic (exact) mass is 251 g/mol. The number of carbonyl (C=O) groups excluding carboxylic acids is 3. The third-order valence-corrected chi connectivity index (χ3v) is 3.38. The molecule has 1 aliphatic rings. The first-order valence-electron chi connectivity index (χ1n) is 4.74. The lowest BCUT2D eigenvalue weighted by Crippen LogP contribution is -2.25. The highest BCUT2D eigenvalue weighted by Crippen LogP contribution is 2.28. The summed E-state index contributed by atoms with van der Waals surface area (Å²) in [5.41, 5.74) is -0.0790. The molecule has 1 N–H and O–H groups in total. The molecule has 88 valence electrons. The first-order valence-corrected chi connectivity index (χ1v) is 5.62. The molecule has 0 radical (unpaired) electrons. The molecule has 1 aromatic rings. The molecule has 1 saturated heterocycles. The van der Waals surface area contributed by atoms with Crippen molar-refractivity contribution in [1.29, 1.82) is 0 Å². The first-order chi connectivity index (χ1) is 8.08. The van der Waals surface area contributed by atoms with Crippen LogP contribution >= 0.6 is 11.8 Å². The van der Waals surface area contributed by atoms with Crippen molar-refractivity contribution in [1.82, 2.24) is 10.3 Å². The zero-order chi connectivity index (χ0) is 12.4. The van der Waals surface area contributed by atoms with E-state index < -0.39 is 17.1 Å². The normalized spacial score (nSPS) is 19.2. The van der Waals surface area contributed by atoms with Gasteiger partial charge in [0, 0.05) is 18.2 Å². The highest BCUT2D eigenvalue weighted by molar-refractivity contribution is 8.00. The van der Waals surface area contributed by atoms with E-state index in [2.05, 4.69) is 10.3 Å². The number of nitrogens with zero attached hydrogens (tertiary/aromatic N) is 1. The molecule has 2 amide bonds. The summed E-state index contributed by atoms with van der Waals surface area (Å²) in [4.78, 5) is 37.0. The molecule has 1 aromatic heterocycles. The Labute approximate surface area is 100 Å². The zero-order valence-corrected chi connectivity index (χ0v) is 9.32. The van der Waals surface area contributed by atoms with Crippen LogP contribution < -0.4 is 10.4 Å². The summed E-state index contributed by atoms with van der Waals surface area (Å²) in [7, 11) is 0. The van der Waals surface area contributed by atoms with E-state index in [1.807, 2.05) is 0 Å².